The van der Waals surface area contributed by atoms with E-state index in [-0.39, 0.29) is 12.5 Å². The Labute approximate surface area is 161 Å². The molecule has 0 aliphatic heterocycles. The fraction of sp³-hybridized carbons (Fsp3) is 0.190. The molecule has 0 aromatic heterocycles. The van der Waals surface area contributed by atoms with Crippen LogP contribution in [-0.2, 0) is 4.79 Å². The average molecular weight is 414 g/mol. The first-order valence-electron chi connectivity index (χ1n) is 8.40. The van der Waals surface area contributed by atoms with Crippen molar-refractivity contribution in [2.75, 3.05) is 19.8 Å². The van der Waals surface area contributed by atoms with Crippen LogP contribution in [0.3, 0.4) is 0 Å². The summed E-state index contributed by atoms with van der Waals surface area (Å²) in [6, 6.07) is 19.6. The molecule has 1 N–H and O–H groups in total. The van der Waals surface area contributed by atoms with Gasteiger partial charge in [-0.15, -0.1) is 0 Å². The molecule has 4 nitrogen and oxygen atoms in total. The minimum Gasteiger partial charge on any atom is -0.492 e. The Kier molecular flexibility index (Phi) is 6.12. The number of carbonyl (C=O) groups excluding carboxylic acids is 1. The Morgan fingerprint density at radius 2 is 1.88 bits per heavy atom. The Bertz CT molecular complexity index is 911. The van der Waals surface area contributed by atoms with Crippen LogP contribution in [0.25, 0.3) is 10.8 Å². The predicted molar refractivity (Wildman–Crippen MR) is 107 cm³/mol. The molecule has 0 fully saturated rings. The molecule has 0 spiro atoms. The zero-order valence-corrected chi connectivity index (χ0v) is 16.1. The molecular weight excluding hydrogens is 394 g/mol. The van der Waals surface area contributed by atoms with Gasteiger partial charge in [0.25, 0.3) is 5.91 Å². The highest BCUT2D eigenvalue weighted by atomic mass is 79.9. The zero-order chi connectivity index (χ0) is 18.4. The van der Waals surface area contributed by atoms with Crippen molar-refractivity contribution < 1.29 is 14.3 Å². The van der Waals surface area contributed by atoms with E-state index >= 15 is 0 Å². The van der Waals surface area contributed by atoms with Crippen molar-refractivity contribution in [1.82, 2.24) is 5.32 Å². The Hall–Kier alpha value is -2.53. The number of halogens is 1. The highest BCUT2D eigenvalue weighted by molar-refractivity contribution is 9.10. The van der Waals surface area contributed by atoms with Gasteiger partial charge < -0.3 is 14.8 Å². The van der Waals surface area contributed by atoms with Crippen LogP contribution in [0.15, 0.2) is 65.1 Å². The summed E-state index contributed by atoms with van der Waals surface area (Å²) in [5.74, 6) is 1.27. The lowest BCUT2D eigenvalue weighted by atomic mass is 10.1. The van der Waals surface area contributed by atoms with Crippen molar-refractivity contribution in [2.45, 2.75) is 6.92 Å². The van der Waals surface area contributed by atoms with E-state index < -0.39 is 0 Å². The highest BCUT2D eigenvalue weighted by Gasteiger charge is 2.08. The summed E-state index contributed by atoms with van der Waals surface area (Å²) in [6.45, 7) is 2.81. The molecule has 0 atom stereocenters. The highest BCUT2D eigenvalue weighted by Crippen LogP contribution is 2.32. The maximum absolute atomic E-state index is 11.9. The molecule has 0 heterocycles. The van der Waals surface area contributed by atoms with Crippen molar-refractivity contribution in [2.24, 2.45) is 0 Å². The lowest BCUT2D eigenvalue weighted by molar-refractivity contribution is -0.123. The van der Waals surface area contributed by atoms with Gasteiger partial charge in [-0.2, -0.15) is 0 Å². The van der Waals surface area contributed by atoms with Gasteiger partial charge in [-0.3, -0.25) is 4.79 Å². The van der Waals surface area contributed by atoms with Crippen LogP contribution in [0.2, 0.25) is 0 Å². The van der Waals surface area contributed by atoms with Crippen LogP contribution < -0.4 is 14.8 Å². The van der Waals surface area contributed by atoms with Crippen LogP contribution in [0.5, 0.6) is 11.5 Å². The van der Waals surface area contributed by atoms with E-state index in [2.05, 4.69) is 21.2 Å². The van der Waals surface area contributed by atoms with E-state index in [9.17, 15) is 4.79 Å². The van der Waals surface area contributed by atoms with Gasteiger partial charge in [-0.25, -0.2) is 0 Å². The SMILES string of the molecule is Cc1cccc(OCCNC(=O)COc2ccc3ccccc3c2Br)c1. The predicted octanol–water partition coefficient (Wildman–Crippen LogP) is 4.48. The Balaban J connectivity index is 1.45. The number of ether oxygens (including phenoxy) is 2. The van der Waals surface area contributed by atoms with Crippen molar-refractivity contribution >= 4 is 32.6 Å². The first kappa shape index (κ1) is 18.3. The second-order valence-corrected chi connectivity index (χ2v) is 6.70. The maximum atomic E-state index is 11.9. The molecule has 0 radical (unpaired) electrons. The molecule has 0 saturated carbocycles. The smallest absolute Gasteiger partial charge is 0.258 e. The molecular formula is C21H20BrNO3. The summed E-state index contributed by atoms with van der Waals surface area (Å²) in [6.07, 6.45) is 0. The van der Waals surface area contributed by atoms with Gasteiger partial charge in [-0.05, 0) is 57.4 Å². The Morgan fingerprint density at radius 1 is 1.04 bits per heavy atom. The van der Waals surface area contributed by atoms with E-state index in [0.717, 1.165) is 26.6 Å². The number of benzene rings is 3. The molecule has 5 heteroatoms. The van der Waals surface area contributed by atoms with Crippen LogP contribution in [0, 0.1) is 6.92 Å². The third-order valence-corrected chi connectivity index (χ3v) is 4.69. The van der Waals surface area contributed by atoms with Crippen molar-refractivity contribution in [1.29, 1.82) is 0 Å². The molecule has 0 saturated heterocycles. The number of nitrogens with one attached hydrogen (secondary N) is 1. The number of hydrogen-bond acceptors (Lipinski definition) is 3. The lowest BCUT2D eigenvalue weighted by Gasteiger charge is -2.11. The number of hydrogen-bond donors (Lipinski definition) is 1. The normalized spacial score (nSPS) is 10.5. The van der Waals surface area contributed by atoms with Crippen molar-refractivity contribution in [3.05, 3.63) is 70.7 Å². The van der Waals surface area contributed by atoms with Crippen LogP contribution in [-0.4, -0.2) is 25.7 Å². The van der Waals surface area contributed by atoms with E-state index in [0.29, 0.717) is 18.9 Å². The lowest BCUT2D eigenvalue weighted by Crippen LogP contribution is -2.32. The van der Waals surface area contributed by atoms with Gasteiger partial charge in [0.2, 0.25) is 0 Å². The third-order valence-electron chi connectivity index (χ3n) is 3.87. The molecule has 3 rings (SSSR count). The molecule has 0 aliphatic carbocycles. The first-order valence-corrected chi connectivity index (χ1v) is 9.19. The number of fused-ring (bicyclic) bond motifs is 1. The van der Waals surface area contributed by atoms with Crippen molar-refractivity contribution in [3.63, 3.8) is 0 Å². The second kappa shape index (κ2) is 8.72. The largest absolute Gasteiger partial charge is 0.492 e. The monoisotopic (exact) mass is 413 g/mol. The number of rotatable bonds is 7. The third kappa shape index (κ3) is 4.76. The summed E-state index contributed by atoms with van der Waals surface area (Å²) >= 11 is 3.55. The van der Waals surface area contributed by atoms with E-state index in [1.807, 2.05) is 67.6 Å². The van der Waals surface area contributed by atoms with Crippen molar-refractivity contribution in [3.8, 4) is 11.5 Å². The minimum atomic E-state index is -0.182. The van der Waals surface area contributed by atoms with Crippen LogP contribution >= 0.6 is 15.9 Å². The van der Waals surface area contributed by atoms with Crippen LogP contribution in [0.4, 0.5) is 0 Å². The fourth-order valence-corrected chi connectivity index (χ4v) is 3.19. The standard InChI is InChI=1S/C21H20BrNO3/c1-15-5-4-7-17(13-15)25-12-11-23-20(24)14-26-19-10-9-16-6-2-3-8-18(16)21(19)22/h2-10,13H,11-12,14H2,1H3,(H,23,24). The molecule has 26 heavy (non-hydrogen) atoms. The summed E-state index contributed by atoms with van der Waals surface area (Å²) in [5, 5.41) is 4.96. The quantitative estimate of drug-likeness (QED) is 0.580. The summed E-state index contributed by atoms with van der Waals surface area (Å²) in [7, 11) is 0. The number of carbonyl (C=O) groups is 1. The van der Waals surface area contributed by atoms with E-state index in [1.165, 1.54) is 0 Å². The topological polar surface area (TPSA) is 47.6 Å². The van der Waals surface area contributed by atoms with Gasteiger partial charge in [-0.1, -0.05) is 42.5 Å². The summed E-state index contributed by atoms with van der Waals surface area (Å²) in [4.78, 5) is 11.9. The van der Waals surface area contributed by atoms with Gasteiger partial charge in [0.05, 0.1) is 11.0 Å². The molecule has 1 amide bonds. The molecule has 0 aliphatic rings. The van der Waals surface area contributed by atoms with Gasteiger partial charge >= 0.3 is 0 Å². The maximum Gasteiger partial charge on any atom is 0.258 e. The first-order chi connectivity index (χ1) is 12.6. The van der Waals surface area contributed by atoms with Crippen LogP contribution in [0.1, 0.15) is 5.56 Å². The average Bonchev–Trinajstić information content (AvgIpc) is 2.65. The fourth-order valence-electron chi connectivity index (χ4n) is 2.58. The van der Waals surface area contributed by atoms with E-state index in [1.54, 1.807) is 0 Å². The van der Waals surface area contributed by atoms with Gasteiger partial charge in [0.15, 0.2) is 6.61 Å². The Morgan fingerprint density at radius 3 is 2.73 bits per heavy atom. The van der Waals surface area contributed by atoms with Gasteiger partial charge in [0.1, 0.15) is 18.1 Å². The number of aryl methyl sites for hydroxylation is 1. The minimum absolute atomic E-state index is 0.0403. The summed E-state index contributed by atoms with van der Waals surface area (Å²) in [5.41, 5.74) is 1.14. The molecule has 134 valence electrons. The molecule has 0 unspecified atom stereocenters. The van der Waals surface area contributed by atoms with Gasteiger partial charge in [0, 0.05) is 0 Å². The number of amides is 1. The molecule has 0 bridgehead atoms. The zero-order valence-electron chi connectivity index (χ0n) is 14.5. The second-order valence-electron chi connectivity index (χ2n) is 5.90. The van der Waals surface area contributed by atoms with E-state index in [4.69, 9.17) is 9.47 Å². The molecule has 3 aromatic carbocycles. The molecule has 3 aromatic rings. The summed E-state index contributed by atoms with van der Waals surface area (Å²) < 4.78 is 12.1.